The summed E-state index contributed by atoms with van der Waals surface area (Å²) in [5.74, 6) is -1.18. The maximum atomic E-state index is 13.2. The van der Waals surface area contributed by atoms with Gasteiger partial charge in [-0.3, -0.25) is 4.79 Å². The number of nitrogens with one attached hydrogen (secondary N) is 1. The Morgan fingerprint density at radius 2 is 1.59 bits per heavy atom. The number of benzene rings is 2. The SMILES string of the molecule is CN(Cc1cc(C(F)(F)F)cc(C(F)(F)F)c1)C(=O)[C@@H]1CCNC[C@H]1c1ccc(Cl)c(Cl)c1.Cl. The van der Waals surface area contributed by atoms with Gasteiger partial charge in [-0.2, -0.15) is 26.3 Å². The van der Waals surface area contributed by atoms with Gasteiger partial charge in [0.05, 0.1) is 21.2 Å². The third-order valence-electron chi connectivity index (χ3n) is 5.61. The van der Waals surface area contributed by atoms with E-state index in [-0.39, 0.29) is 35.9 Å². The zero-order chi connectivity index (χ0) is 24.6. The summed E-state index contributed by atoms with van der Waals surface area (Å²) < 4.78 is 78.9. The second-order valence-electron chi connectivity index (χ2n) is 7.99. The Hall–Kier alpha value is -1.68. The van der Waals surface area contributed by atoms with Gasteiger partial charge in [0, 0.05) is 32.0 Å². The number of alkyl halides is 6. The highest BCUT2D eigenvalue weighted by Gasteiger charge is 2.38. The van der Waals surface area contributed by atoms with Crippen molar-refractivity contribution in [2.75, 3.05) is 20.1 Å². The zero-order valence-corrected chi connectivity index (χ0v) is 20.1. The van der Waals surface area contributed by atoms with Crippen LogP contribution in [0.15, 0.2) is 36.4 Å². The first kappa shape index (κ1) is 28.6. The molecule has 1 aliphatic rings. The van der Waals surface area contributed by atoms with E-state index in [1.54, 1.807) is 18.2 Å². The fourth-order valence-electron chi connectivity index (χ4n) is 3.99. The monoisotopic (exact) mass is 548 g/mol. The van der Waals surface area contributed by atoms with Crippen LogP contribution in [0.1, 0.15) is 34.6 Å². The Morgan fingerprint density at radius 3 is 2.12 bits per heavy atom. The molecule has 1 aliphatic heterocycles. The van der Waals surface area contributed by atoms with E-state index >= 15 is 0 Å². The molecule has 0 aliphatic carbocycles. The van der Waals surface area contributed by atoms with Gasteiger partial charge >= 0.3 is 12.4 Å². The van der Waals surface area contributed by atoms with Crippen LogP contribution in [0.25, 0.3) is 0 Å². The van der Waals surface area contributed by atoms with Crippen LogP contribution in [0, 0.1) is 5.92 Å². The highest BCUT2D eigenvalue weighted by Crippen LogP contribution is 2.37. The molecular formula is C22H21Cl3F6N2O. The third kappa shape index (κ3) is 6.71. The number of hydrogen-bond donors (Lipinski definition) is 1. The van der Waals surface area contributed by atoms with Crippen molar-refractivity contribution in [2.45, 2.75) is 31.2 Å². The molecule has 188 valence electrons. The third-order valence-corrected chi connectivity index (χ3v) is 6.35. The van der Waals surface area contributed by atoms with Crippen molar-refractivity contribution >= 4 is 41.5 Å². The van der Waals surface area contributed by atoms with Crippen molar-refractivity contribution in [1.82, 2.24) is 10.2 Å². The van der Waals surface area contributed by atoms with E-state index in [2.05, 4.69) is 5.32 Å². The summed E-state index contributed by atoms with van der Waals surface area (Å²) in [6.07, 6.45) is -9.45. The van der Waals surface area contributed by atoms with Gasteiger partial charge in [-0.1, -0.05) is 29.3 Å². The van der Waals surface area contributed by atoms with Gasteiger partial charge in [-0.05, 0) is 54.4 Å². The molecule has 1 heterocycles. The molecule has 0 unspecified atom stereocenters. The van der Waals surface area contributed by atoms with E-state index < -0.39 is 35.9 Å². The molecule has 1 amide bonds. The minimum Gasteiger partial charge on any atom is -0.341 e. The molecule has 3 nitrogen and oxygen atoms in total. The molecule has 2 aromatic rings. The number of rotatable bonds is 4. The van der Waals surface area contributed by atoms with Crippen LogP contribution in [0.5, 0.6) is 0 Å². The molecule has 0 spiro atoms. The second kappa shape index (κ2) is 10.9. The van der Waals surface area contributed by atoms with Crippen molar-refractivity contribution in [1.29, 1.82) is 0 Å². The van der Waals surface area contributed by atoms with E-state index in [9.17, 15) is 31.1 Å². The number of nitrogens with zero attached hydrogens (tertiary/aromatic N) is 1. The lowest BCUT2D eigenvalue weighted by molar-refractivity contribution is -0.143. The number of carbonyl (C=O) groups is 1. The largest absolute Gasteiger partial charge is 0.416 e. The van der Waals surface area contributed by atoms with Crippen LogP contribution in [-0.4, -0.2) is 30.9 Å². The number of carbonyl (C=O) groups excluding carboxylic acids is 1. The Morgan fingerprint density at radius 1 is 1.00 bits per heavy atom. The van der Waals surface area contributed by atoms with E-state index in [1.165, 1.54) is 7.05 Å². The molecule has 3 rings (SSSR count). The first-order valence-electron chi connectivity index (χ1n) is 9.96. The normalized spacial score (nSPS) is 18.9. The van der Waals surface area contributed by atoms with Crippen molar-refractivity contribution in [3.05, 3.63) is 68.7 Å². The average Bonchev–Trinajstić information content (AvgIpc) is 2.73. The Labute approximate surface area is 208 Å². The average molecular weight is 550 g/mol. The molecule has 2 atom stereocenters. The Balaban J connectivity index is 0.00000408. The predicted molar refractivity (Wildman–Crippen MR) is 120 cm³/mol. The van der Waals surface area contributed by atoms with Crippen LogP contribution < -0.4 is 5.32 Å². The van der Waals surface area contributed by atoms with Crippen molar-refractivity contribution in [3.8, 4) is 0 Å². The van der Waals surface area contributed by atoms with Gasteiger partial charge in [0.25, 0.3) is 0 Å². The number of hydrogen-bond acceptors (Lipinski definition) is 2. The van der Waals surface area contributed by atoms with Crippen molar-refractivity contribution in [3.63, 3.8) is 0 Å². The van der Waals surface area contributed by atoms with E-state index in [0.717, 1.165) is 10.5 Å². The van der Waals surface area contributed by atoms with Gasteiger partial charge in [0.1, 0.15) is 0 Å². The van der Waals surface area contributed by atoms with Gasteiger partial charge in [-0.25, -0.2) is 0 Å². The summed E-state index contributed by atoms with van der Waals surface area (Å²) in [6.45, 7) is 0.609. The molecular weight excluding hydrogens is 529 g/mol. The summed E-state index contributed by atoms with van der Waals surface area (Å²) in [4.78, 5) is 14.4. The topological polar surface area (TPSA) is 32.3 Å². The molecule has 0 saturated carbocycles. The highest BCUT2D eigenvalue weighted by molar-refractivity contribution is 6.42. The second-order valence-corrected chi connectivity index (χ2v) is 8.80. The summed E-state index contributed by atoms with van der Waals surface area (Å²) >= 11 is 12.1. The molecule has 0 aromatic heterocycles. The molecule has 0 radical (unpaired) electrons. The molecule has 1 N–H and O–H groups in total. The van der Waals surface area contributed by atoms with Crippen molar-refractivity contribution in [2.24, 2.45) is 5.92 Å². The fraction of sp³-hybridized carbons (Fsp3) is 0.409. The number of piperidine rings is 1. The maximum Gasteiger partial charge on any atom is 0.416 e. The molecule has 2 aromatic carbocycles. The van der Waals surface area contributed by atoms with Gasteiger partial charge < -0.3 is 10.2 Å². The quantitative estimate of drug-likeness (QED) is 0.425. The standard InChI is InChI=1S/C22H20Cl2F6N2O.ClH/c1-32(11-12-6-14(21(25,26)27)9-15(7-12)22(28,29)30)20(33)16-4-5-31-10-17(16)13-2-3-18(23)19(24)8-13;/h2-3,6-9,16-17,31H,4-5,10-11H2,1H3;1H/t16-,17+;/m1./s1. The van der Waals surface area contributed by atoms with E-state index in [1.807, 2.05) is 0 Å². The molecule has 34 heavy (non-hydrogen) atoms. The lowest BCUT2D eigenvalue weighted by Gasteiger charge is -2.34. The van der Waals surface area contributed by atoms with Crippen LogP contribution in [0.3, 0.4) is 0 Å². The molecule has 12 heteroatoms. The van der Waals surface area contributed by atoms with Crippen LogP contribution in [-0.2, 0) is 23.7 Å². The van der Waals surface area contributed by atoms with Gasteiger partial charge in [0.15, 0.2) is 0 Å². The Bertz CT molecular complexity index is 996. The van der Waals surface area contributed by atoms with Crippen molar-refractivity contribution < 1.29 is 31.1 Å². The lowest BCUT2D eigenvalue weighted by Crippen LogP contribution is -2.43. The zero-order valence-electron chi connectivity index (χ0n) is 17.7. The highest BCUT2D eigenvalue weighted by atomic mass is 35.5. The van der Waals surface area contributed by atoms with Crippen LogP contribution in [0.2, 0.25) is 10.0 Å². The smallest absolute Gasteiger partial charge is 0.341 e. The first-order valence-corrected chi connectivity index (χ1v) is 10.7. The summed E-state index contributed by atoms with van der Waals surface area (Å²) in [7, 11) is 1.36. The van der Waals surface area contributed by atoms with Gasteiger partial charge in [0.2, 0.25) is 5.91 Å². The fourth-order valence-corrected chi connectivity index (χ4v) is 4.30. The van der Waals surface area contributed by atoms with Crippen LogP contribution in [0.4, 0.5) is 26.3 Å². The van der Waals surface area contributed by atoms with E-state index in [4.69, 9.17) is 23.2 Å². The molecule has 1 saturated heterocycles. The van der Waals surface area contributed by atoms with Gasteiger partial charge in [-0.15, -0.1) is 12.4 Å². The number of halogens is 9. The Kier molecular flexibility index (Phi) is 9.18. The summed E-state index contributed by atoms with van der Waals surface area (Å²) in [6, 6.07) is 6.35. The first-order chi connectivity index (χ1) is 15.3. The summed E-state index contributed by atoms with van der Waals surface area (Å²) in [5.41, 5.74) is -2.32. The minimum absolute atomic E-state index is 0. The van der Waals surface area contributed by atoms with Crippen LogP contribution >= 0.6 is 35.6 Å². The number of amides is 1. The predicted octanol–water partition coefficient (Wildman–Crippen LogP) is 6.80. The van der Waals surface area contributed by atoms with E-state index in [0.29, 0.717) is 41.7 Å². The minimum atomic E-state index is -4.95. The molecule has 1 fully saturated rings. The maximum absolute atomic E-state index is 13.2. The summed E-state index contributed by atoms with van der Waals surface area (Å²) in [5, 5.41) is 3.87. The lowest BCUT2D eigenvalue weighted by atomic mass is 9.80. The molecule has 0 bridgehead atoms.